The van der Waals surface area contributed by atoms with Crippen LogP contribution in [0.5, 0.6) is 0 Å². The van der Waals surface area contributed by atoms with Crippen molar-refractivity contribution in [2.45, 2.75) is 44.5 Å². The van der Waals surface area contributed by atoms with Gasteiger partial charge in [0.25, 0.3) is 5.56 Å². The number of H-pyrrole nitrogens is 1. The predicted molar refractivity (Wildman–Crippen MR) is 143 cm³/mol. The van der Waals surface area contributed by atoms with Gasteiger partial charge in [-0.05, 0) is 19.4 Å². The number of carbonyl (C=O) groups is 2. The van der Waals surface area contributed by atoms with E-state index in [-0.39, 0.29) is 30.3 Å². The number of fused-ring (bicyclic) bond motifs is 1. The number of benzene rings is 1. The van der Waals surface area contributed by atoms with E-state index in [0.717, 1.165) is 0 Å². The maximum absolute atomic E-state index is 13.4. The number of nitrogens with one attached hydrogen (secondary N) is 2. The first-order valence-corrected chi connectivity index (χ1v) is 14.3. The molecule has 0 bridgehead atoms. The SMILES string of the molecule is CCOC(=O)CNP(=O)(OCC(=O)OCc1ccccc1)OC[C@H]1O[C@@H](n2cnc3c(=O)[nH]c(N)nc32)[C@](C)(O)[C@@H]1O. The summed E-state index contributed by atoms with van der Waals surface area (Å²) < 4.78 is 41.0. The van der Waals surface area contributed by atoms with E-state index in [4.69, 9.17) is 29.0 Å². The van der Waals surface area contributed by atoms with Crippen LogP contribution in [-0.4, -0.2) is 85.8 Å². The molecule has 1 aromatic carbocycles. The molecule has 2 aromatic heterocycles. The van der Waals surface area contributed by atoms with Crippen molar-refractivity contribution in [3.05, 3.63) is 52.6 Å². The Morgan fingerprint density at radius 3 is 2.69 bits per heavy atom. The van der Waals surface area contributed by atoms with Crippen LogP contribution in [0, 0.1) is 0 Å². The highest BCUT2D eigenvalue weighted by molar-refractivity contribution is 7.51. The Morgan fingerprint density at radius 2 is 1.98 bits per heavy atom. The summed E-state index contributed by atoms with van der Waals surface area (Å²) in [6.07, 6.45) is -3.08. The fourth-order valence-electron chi connectivity index (χ4n) is 4.08. The summed E-state index contributed by atoms with van der Waals surface area (Å²) >= 11 is 0. The molecule has 3 heterocycles. The highest BCUT2D eigenvalue weighted by Gasteiger charge is 2.54. The van der Waals surface area contributed by atoms with Crippen molar-refractivity contribution in [3.63, 3.8) is 0 Å². The quantitative estimate of drug-likeness (QED) is 0.124. The number of aliphatic hydroxyl groups excluding tert-OH is 1. The van der Waals surface area contributed by atoms with Crippen LogP contribution in [-0.2, 0) is 44.0 Å². The molecule has 0 radical (unpaired) electrons. The number of nitrogens with two attached hydrogens (primary N) is 1. The fraction of sp³-hybridized carbons (Fsp3) is 0.458. The van der Waals surface area contributed by atoms with Crippen molar-refractivity contribution >= 4 is 36.8 Å². The van der Waals surface area contributed by atoms with Crippen LogP contribution < -0.4 is 16.4 Å². The normalized spacial score (nSPS) is 23.5. The van der Waals surface area contributed by atoms with Crippen LogP contribution in [0.2, 0.25) is 0 Å². The number of imidazole rings is 1. The third kappa shape index (κ3) is 7.19. The van der Waals surface area contributed by atoms with E-state index in [2.05, 4.69) is 20.0 Å². The molecule has 0 aliphatic carbocycles. The number of rotatable bonds is 13. The van der Waals surface area contributed by atoms with E-state index in [1.54, 1.807) is 37.3 Å². The first-order valence-electron chi connectivity index (χ1n) is 12.7. The van der Waals surface area contributed by atoms with Gasteiger partial charge in [0.15, 0.2) is 24.0 Å². The Bertz CT molecular complexity index is 1510. The molecule has 228 valence electrons. The number of aliphatic hydroxyl groups is 2. The van der Waals surface area contributed by atoms with Gasteiger partial charge in [0.05, 0.1) is 19.5 Å². The number of hydrogen-bond acceptors (Lipinski definition) is 14. The molecule has 17 nitrogen and oxygen atoms in total. The van der Waals surface area contributed by atoms with Crippen molar-refractivity contribution < 1.29 is 47.6 Å². The molecular formula is C24H31N6O11P. The molecule has 6 N–H and O–H groups in total. The van der Waals surface area contributed by atoms with Gasteiger partial charge in [-0.1, -0.05) is 30.3 Å². The van der Waals surface area contributed by atoms with Gasteiger partial charge in [-0.2, -0.15) is 4.98 Å². The van der Waals surface area contributed by atoms with Gasteiger partial charge in [-0.25, -0.2) is 19.4 Å². The Labute approximate surface area is 238 Å². The van der Waals surface area contributed by atoms with Crippen LogP contribution in [0.25, 0.3) is 11.2 Å². The molecule has 1 fully saturated rings. The number of esters is 2. The lowest BCUT2D eigenvalue weighted by Crippen LogP contribution is -2.44. The molecule has 4 rings (SSSR count). The van der Waals surface area contributed by atoms with Crippen LogP contribution in [0.15, 0.2) is 41.5 Å². The molecule has 42 heavy (non-hydrogen) atoms. The smallest absolute Gasteiger partial charge is 0.406 e. The Hall–Kier alpha value is -3.70. The fourth-order valence-corrected chi connectivity index (χ4v) is 5.28. The average Bonchev–Trinajstić information content (AvgIpc) is 3.47. The van der Waals surface area contributed by atoms with E-state index in [9.17, 15) is 29.2 Å². The van der Waals surface area contributed by atoms with Crippen molar-refractivity contribution in [1.82, 2.24) is 24.6 Å². The maximum Gasteiger partial charge on any atom is 0.406 e. The van der Waals surface area contributed by atoms with E-state index < -0.39 is 69.0 Å². The first kappa shape index (κ1) is 31.2. The molecular weight excluding hydrogens is 579 g/mol. The van der Waals surface area contributed by atoms with Crippen LogP contribution >= 0.6 is 7.75 Å². The number of carbonyl (C=O) groups excluding carboxylic acids is 2. The second-order valence-corrected chi connectivity index (χ2v) is 11.2. The predicted octanol–water partition coefficient (Wildman–Crippen LogP) is -0.251. The molecule has 1 saturated heterocycles. The summed E-state index contributed by atoms with van der Waals surface area (Å²) in [4.78, 5) is 46.6. The third-order valence-corrected chi connectivity index (χ3v) is 7.69. The molecule has 0 amide bonds. The maximum atomic E-state index is 13.4. The number of hydrogen-bond donors (Lipinski definition) is 5. The van der Waals surface area contributed by atoms with E-state index in [1.807, 2.05) is 0 Å². The zero-order valence-corrected chi connectivity index (χ0v) is 23.6. The largest absolute Gasteiger partial charge is 0.465 e. The highest BCUT2D eigenvalue weighted by Crippen LogP contribution is 2.46. The van der Waals surface area contributed by atoms with Crippen molar-refractivity contribution in [3.8, 4) is 0 Å². The highest BCUT2D eigenvalue weighted by atomic mass is 31.2. The van der Waals surface area contributed by atoms with Crippen molar-refractivity contribution in [2.75, 3.05) is 32.1 Å². The van der Waals surface area contributed by atoms with Gasteiger partial charge in [0.2, 0.25) is 5.95 Å². The summed E-state index contributed by atoms with van der Waals surface area (Å²) in [5, 5.41) is 24.2. The summed E-state index contributed by atoms with van der Waals surface area (Å²) in [5.74, 6) is -1.85. The zero-order chi connectivity index (χ0) is 30.5. The molecule has 1 aliphatic rings. The van der Waals surface area contributed by atoms with Crippen LogP contribution in [0.4, 0.5) is 5.95 Å². The van der Waals surface area contributed by atoms with Crippen LogP contribution in [0.1, 0.15) is 25.6 Å². The lowest BCUT2D eigenvalue weighted by atomic mass is 9.96. The average molecular weight is 611 g/mol. The third-order valence-electron chi connectivity index (χ3n) is 6.18. The Morgan fingerprint density at radius 1 is 1.24 bits per heavy atom. The molecule has 18 heteroatoms. The van der Waals surface area contributed by atoms with Gasteiger partial charge in [0.1, 0.15) is 31.0 Å². The number of nitrogen functional groups attached to an aromatic ring is 1. The summed E-state index contributed by atoms with van der Waals surface area (Å²) in [6, 6.07) is 8.82. The second kappa shape index (κ2) is 13.1. The van der Waals surface area contributed by atoms with Crippen LogP contribution in [0.3, 0.4) is 0 Å². The standard InChI is InChI=1S/C24H31N6O11P/c1-3-37-16(31)9-27-42(36,40-12-17(32)38-10-14-7-5-4-6-8-14)39-11-15-19(33)24(2,35)22(41-15)30-13-26-18-20(30)28-23(25)29-21(18)34/h4-8,13,15,19,22,33,35H,3,9-12H2,1-2H3,(H,27,36)(H3,25,28,29,34)/t15-,19-,22-,24-,42?/m1/s1. The summed E-state index contributed by atoms with van der Waals surface area (Å²) in [5.41, 5.74) is 3.65. The summed E-state index contributed by atoms with van der Waals surface area (Å²) in [7, 11) is -4.42. The topological polar surface area (TPSA) is 239 Å². The molecule has 1 unspecified atom stereocenters. The number of aromatic nitrogens is 4. The lowest BCUT2D eigenvalue weighted by molar-refractivity contribution is -0.147. The molecule has 1 aliphatic heterocycles. The van der Waals surface area contributed by atoms with Gasteiger partial charge < -0.3 is 30.2 Å². The number of nitrogens with zero attached hydrogens (tertiary/aromatic N) is 3. The van der Waals surface area contributed by atoms with Crippen molar-refractivity contribution in [1.29, 1.82) is 0 Å². The second-order valence-electron chi connectivity index (χ2n) is 9.33. The minimum absolute atomic E-state index is 0.0191. The number of anilines is 1. The van der Waals surface area contributed by atoms with E-state index >= 15 is 0 Å². The van der Waals surface area contributed by atoms with Gasteiger partial charge in [0, 0.05) is 0 Å². The van der Waals surface area contributed by atoms with Crippen molar-refractivity contribution in [2.24, 2.45) is 0 Å². The van der Waals surface area contributed by atoms with E-state index in [0.29, 0.717) is 5.56 Å². The molecule has 0 saturated carbocycles. The minimum atomic E-state index is -4.42. The Balaban J connectivity index is 1.44. The molecule has 3 aromatic rings. The lowest BCUT2D eigenvalue weighted by Gasteiger charge is -2.27. The summed E-state index contributed by atoms with van der Waals surface area (Å²) in [6.45, 7) is 0.811. The monoisotopic (exact) mass is 610 g/mol. The number of ether oxygens (including phenoxy) is 3. The van der Waals surface area contributed by atoms with E-state index in [1.165, 1.54) is 17.8 Å². The van der Waals surface area contributed by atoms with Gasteiger partial charge in [-0.3, -0.25) is 28.2 Å². The molecule has 0 spiro atoms. The van der Waals surface area contributed by atoms with Gasteiger partial charge >= 0.3 is 19.7 Å². The first-order chi connectivity index (χ1) is 19.9. The van der Waals surface area contributed by atoms with Gasteiger partial charge in [-0.15, -0.1) is 0 Å². The zero-order valence-electron chi connectivity index (χ0n) is 22.7. The number of aromatic amines is 1. The molecule has 5 atom stereocenters. The Kier molecular flexibility index (Phi) is 9.73. The minimum Gasteiger partial charge on any atom is -0.465 e.